The zero-order chi connectivity index (χ0) is 24.1. The maximum absolute atomic E-state index is 13.3. The summed E-state index contributed by atoms with van der Waals surface area (Å²) in [5.41, 5.74) is 5.93. The first-order valence-electron chi connectivity index (χ1n) is 11.4. The molecule has 1 saturated carbocycles. The van der Waals surface area contributed by atoms with Crippen LogP contribution in [0.5, 0.6) is 0 Å². The average Bonchev–Trinajstić information content (AvgIpc) is 3.58. The van der Waals surface area contributed by atoms with Crippen LogP contribution in [0.4, 0.5) is 5.82 Å². The number of pyridine rings is 1. The average molecular weight is 460 g/mol. The topological polar surface area (TPSA) is 105 Å². The molecular formula is C27H20N6O2. The number of hydrogen-bond acceptors (Lipinski definition) is 6. The summed E-state index contributed by atoms with van der Waals surface area (Å²) in [6.07, 6.45) is 4.51. The molecule has 4 aromatic rings. The first-order valence-corrected chi connectivity index (χ1v) is 11.4. The van der Waals surface area contributed by atoms with Crippen LogP contribution >= 0.6 is 0 Å². The lowest BCUT2D eigenvalue weighted by Gasteiger charge is -2.18. The van der Waals surface area contributed by atoms with Crippen LogP contribution < -0.4 is 4.90 Å². The molecule has 2 aromatic heterocycles. The van der Waals surface area contributed by atoms with Gasteiger partial charge in [0.25, 0.3) is 5.91 Å². The molecule has 8 nitrogen and oxygen atoms in total. The van der Waals surface area contributed by atoms with Crippen molar-refractivity contribution >= 4 is 18.0 Å². The second kappa shape index (κ2) is 7.99. The summed E-state index contributed by atoms with van der Waals surface area (Å²) in [5, 5.41) is 17.8. The molecule has 0 unspecified atom stereocenters. The van der Waals surface area contributed by atoms with Crippen LogP contribution in [-0.4, -0.2) is 31.9 Å². The highest BCUT2D eigenvalue weighted by atomic mass is 16.2. The van der Waals surface area contributed by atoms with E-state index in [1.54, 1.807) is 29.4 Å². The number of aryl methyl sites for hydroxylation is 1. The molecule has 170 valence electrons. The zero-order valence-electron chi connectivity index (χ0n) is 19.0. The van der Waals surface area contributed by atoms with E-state index >= 15 is 0 Å². The van der Waals surface area contributed by atoms with E-state index in [1.807, 2.05) is 35.9 Å². The van der Waals surface area contributed by atoms with Gasteiger partial charge in [-0.25, -0.2) is 4.98 Å². The molecule has 35 heavy (non-hydrogen) atoms. The molecule has 1 amide bonds. The molecule has 1 aliphatic carbocycles. The normalized spacial score (nSPS) is 14.6. The van der Waals surface area contributed by atoms with Crippen LogP contribution in [0.25, 0.3) is 22.5 Å². The Morgan fingerprint density at radius 3 is 2.63 bits per heavy atom. The van der Waals surface area contributed by atoms with Gasteiger partial charge in [0.05, 0.1) is 18.2 Å². The Balaban J connectivity index is 1.49. The van der Waals surface area contributed by atoms with Gasteiger partial charge in [0.15, 0.2) is 5.82 Å². The third kappa shape index (κ3) is 3.58. The van der Waals surface area contributed by atoms with E-state index in [-0.39, 0.29) is 5.91 Å². The van der Waals surface area contributed by atoms with Crippen molar-refractivity contribution in [3.63, 3.8) is 0 Å². The van der Waals surface area contributed by atoms with Gasteiger partial charge < -0.3 is 4.57 Å². The molecule has 0 radical (unpaired) electrons. The van der Waals surface area contributed by atoms with Gasteiger partial charge in [-0.15, -0.1) is 10.2 Å². The van der Waals surface area contributed by atoms with Gasteiger partial charge in [0.2, 0.25) is 0 Å². The molecule has 0 saturated heterocycles. The van der Waals surface area contributed by atoms with Crippen LogP contribution in [0.2, 0.25) is 0 Å². The summed E-state index contributed by atoms with van der Waals surface area (Å²) in [4.78, 5) is 31.1. The smallest absolute Gasteiger partial charge is 0.260 e. The molecule has 8 heteroatoms. The summed E-state index contributed by atoms with van der Waals surface area (Å²) >= 11 is 0. The summed E-state index contributed by atoms with van der Waals surface area (Å²) in [6, 6.07) is 16.9. The summed E-state index contributed by atoms with van der Waals surface area (Å²) in [5.74, 6) is 1.43. The zero-order valence-corrected chi connectivity index (χ0v) is 19.0. The molecule has 0 bridgehead atoms. The van der Waals surface area contributed by atoms with Gasteiger partial charge in [0, 0.05) is 35.3 Å². The number of aldehydes is 1. The molecule has 1 aliphatic heterocycles. The van der Waals surface area contributed by atoms with Crippen LogP contribution in [0.15, 0.2) is 54.9 Å². The van der Waals surface area contributed by atoms with E-state index in [0.29, 0.717) is 40.8 Å². The minimum atomic E-state index is -0.163. The number of hydrogen-bond donors (Lipinski definition) is 0. The molecule has 2 aromatic carbocycles. The Kier molecular flexibility index (Phi) is 4.78. The molecule has 6 rings (SSSR count). The van der Waals surface area contributed by atoms with Crippen LogP contribution in [-0.2, 0) is 13.6 Å². The summed E-state index contributed by atoms with van der Waals surface area (Å²) in [6.45, 7) is 0.400. The third-order valence-electron chi connectivity index (χ3n) is 6.59. The Morgan fingerprint density at radius 2 is 1.91 bits per heavy atom. The van der Waals surface area contributed by atoms with Crippen molar-refractivity contribution in [3.8, 4) is 28.6 Å². The quantitative estimate of drug-likeness (QED) is 0.412. The lowest BCUT2D eigenvalue weighted by molar-refractivity contribution is 0.0996. The molecule has 0 spiro atoms. The van der Waals surface area contributed by atoms with Crippen molar-refractivity contribution in [1.29, 1.82) is 5.26 Å². The number of aromatic nitrogens is 4. The molecule has 1 fully saturated rings. The highest BCUT2D eigenvalue weighted by molar-refractivity contribution is 6.10. The lowest BCUT2D eigenvalue weighted by atomic mass is 9.96. The fourth-order valence-corrected chi connectivity index (χ4v) is 4.57. The molecule has 3 heterocycles. The number of benzene rings is 2. The number of carbonyl (C=O) groups is 2. The van der Waals surface area contributed by atoms with Crippen molar-refractivity contribution in [2.45, 2.75) is 25.3 Å². The van der Waals surface area contributed by atoms with E-state index in [0.717, 1.165) is 47.1 Å². The van der Waals surface area contributed by atoms with Gasteiger partial charge in [-0.1, -0.05) is 18.2 Å². The number of anilines is 1. The van der Waals surface area contributed by atoms with E-state index in [4.69, 9.17) is 4.98 Å². The van der Waals surface area contributed by atoms with Crippen molar-refractivity contribution in [1.82, 2.24) is 19.7 Å². The second-order valence-corrected chi connectivity index (χ2v) is 8.98. The minimum absolute atomic E-state index is 0.163. The SMILES string of the molecule is Cn1cnnc1-c1cc(C#N)ccc1-c1cc(C2CC2)nc(N2Cc3ccc(C=O)cc3C2=O)c1. The Morgan fingerprint density at radius 1 is 1.06 bits per heavy atom. The van der Waals surface area contributed by atoms with Gasteiger partial charge in [-0.3, -0.25) is 14.5 Å². The second-order valence-electron chi connectivity index (χ2n) is 8.98. The van der Waals surface area contributed by atoms with Crippen molar-refractivity contribution in [2.75, 3.05) is 4.90 Å². The van der Waals surface area contributed by atoms with Crippen LogP contribution in [0.1, 0.15) is 56.3 Å². The predicted octanol–water partition coefficient (Wildman–Crippen LogP) is 4.27. The van der Waals surface area contributed by atoms with Crippen molar-refractivity contribution in [2.24, 2.45) is 7.05 Å². The number of fused-ring (bicyclic) bond motifs is 1. The fourth-order valence-electron chi connectivity index (χ4n) is 4.57. The Labute approximate surface area is 201 Å². The summed E-state index contributed by atoms with van der Waals surface area (Å²) in [7, 11) is 1.86. The maximum atomic E-state index is 13.3. The fraction of sp³-hybridized carbons (Fsp3) is 0.185. The van der Waals surface area contributed by atoms with Crippen LogP contribution in [0, 0.1) is 11.3 Å². The highest BCUT2D eigenvalue weighted by Crippen LogP contribution is 2.43. The monoisotopic (exact) mass is 460 g/mol. The molecule has 2 aliphatic rings. The van der Waals surface area contributed by atoms with E-state index < -0.39 is 0 Å². The van der Waals surface area contributed by atoms with Gasteiger partial charge in [-0.2, -0.15) is 5.26 Å². The number of rotatable bonds is 5. The molecular weight excluding hydrogens is 440 g/mol. The number of amides is 1. The summed E-state index contributed by atoms with van der Waals surface area (Å²) < 4.78 is 1.81. The molecule has 0 atom stereocenters. The Bertz CT molecular complexity index is 1560. The van der Waals surface area contributed by atoms with E-state index in [9.17, 15) is 14.9 Å². The van der Waals surface area contributed by atoms with E-state index in [1.165, 1.54) is 0 Å². The van der Waals surface area contributed by atoms with E-state index in [2.05, 4.69) is 22.3 Å². The van der Waals surface area contributed by atoms with Gasteiger partial charge in [0.1, 0.15) is 18.4 Å². The highest BCUT2D eigenvalue weighted by Gasteiger charge is 2.32. The first-order chi connectivity index (χ1) is 17.1. The minimum Gasteiger partial charge on any atom is -0.317 e. The van der Waals surface area contributed by atoms with Gasteiger partial charge >= 0.3 is 0 Å². The van der Waals surface area contributed by atoms with Gasteiger partial charge in [-0.05, 0) is 59.9 Å². The first kappa shape index (κ1) is 20.9. The predicted molar refractivity (Wildman–Crippen MR) is 129 cm³/mol. The van der Waals surface area contributed by atoms with Crippen LogP contribution in [0.3, 0.4) is 0 Å². The standard InChI is InChI=1S/C27H20N6O2/c1-32-15-29-31-26(32)23-8-16(12-28)3-7-21(23)20-10-24(18-5-6-18)30-25(11-20)33-13-19-4-2-17(14-34)9-22(19)27(33)35/h2-4,7-11,14-15,18H,5-6,13H2,1H3. The third-order valence-corrected chi connectivity index (χ3v) is 6.59. The number of carbonyl (C=O) groups excluding carboxylic acids is 2. The number of nitrogens with zero attached hydrogens (tertiary/aromatic N) is 6. The van der Waals surface area contributed by atoms with Crippen molar-refractivity contribution in [3.05, 3.63) is 82.8 Å². The Hall–Kier alpha value is -4.64. The number of nitriles is 1. The maximum Gasteiger partial charge on any atom is 0.260 e. The molecule has 0 N–H and O–H groups in total. The van der Waals surface area contributed by atoms with Crippen molar-refractivity contribution < 1.29 is 9.59 Å². The largest absolute Gasteiger partial charge is 0.317 e. The lowest BCUT2D eigenvalue weighted by Crippen LogP contribution is -2.24.